The molecular weight excluding hydrogens is 260 g/mol. The number of piperidine rings is 1. The van der Waals surface area contributed by atoms with Crippen molar-refractivity contribution in [2.75, 3.05) is 7.05 Å². The van der Waals surface area contributed by atoms with E-state index >= 15 is 0 Å². The number of Topliss-reactive ketones (excluding diaryl/α,β-unsaturated/α-hetero) is 1. The Morgan fingerprint density at radius 3 is 2.35 bits per heavy atom. The van der Waals surface area contributed by atoms with Gasteiger partial charge in [0.1, 0.15) is 0 Å². The van der Waals surface area contributed by atoms with Gasteiger partial charge in [-0.3, -0.25) is 4.79 Å². The van der Waals surface area contributed by atoms with Crippen molar-refractivity contribution < 1.29 is 13.6 Å². The number of rotatable bonds is 2. The molecule has 2 aliphatic rings. The van der Waals surface area contributed by atoms with Crippen molar-refractivity contribution in [1.29, 1.82) is 0 Å². The molecule has 1 aromatic carbocycles. The lowest BCUT2D eigenvalue weighted by molar-refractivity contribution is 0.0762. The zero-order valence-corrected chi connectivity index (χ0v) is 11.8. The van der Waals surface area contributed by atoms with Crippen molar-refractivity contribution in [3.63, 3.8) is 0 Å². The number of carbonyl (C=O) groups is 1. The van der Waals surface area contributed by atoms with Gasteiger partial charge in [0.2, 0.25) is 0 Å². The normalized spacial score (nSPS) is 29.7. The molecule has 3 rings (SSSR count). The summed E-state index contributed by atoms with van der Waals surface area (Å²) in [6, 6.07) is 3.74. The molecule has 0 N–H and O–H groups in total. The summed E-state index contributed by atoms with van der Waals surface area (Å²) in [4.78, 5) is 14.8. The average Bonchev–Trinajstić information content (AvgIpc) is 2.66. The number of aryl methyl sites for hydroxylation is 1. The molecule has 2 saturated heterocycles. The number of halogens is 2. The molecule has 0 aliphatic carbocycles. The zero-order valence-electron chi connectivity index (χ0n) is 11.8. The van der Waals surface area contributed by atoms with Gasteiger partial charge in [0, 0.05) is 18.0 Å². The van der Waals surface area contributed by atoms with Gasteiger partial charge in [-0.15, -0.1) is 0 Å². The third kappa shape index (κ3) is 2.06. The molecule has 1 aromatic rings. The number of fused-ring (bicyclic) bond motifs is 2. The second-order valence-electron chi connectivity index (χ2n) is 6.14. The van der Waals surface area contributed by atoms with Crippen LogP contribution >= 0.6 is 0 Å². The molecule has 4 heteroatoms. The number of ketones is 1. The molecule has 20 heavy (non-hydrogen) atoms. The first-order valence-corrected chi connectivity index (χ1v) is 7.19. The van der Waals surface area contributed by atoms with E-state index in [0.29, 0.717) is 12.1 Å². The standard InChI is InChI=1S/C16H19F2NO/c1-9-3-6-13(15(18)14(9)17)16(20)10-7-11-4-5-12(8-10)19(11)2/h3,6,10-12H,4-5,7-8H2,1-2H3. The largest absolute Gasteiger partial charge is 0.300 e. The summed E-state index contributed by atoms with van der Waals surface area (Å²) in [6.45, 7) is 1.50. The molecule has 0 spiro atoms. The number of benzene rings is 1. The smallest absolute Gasteiger partial charge is 0.169 e. The Balaban J connectivity index is 1.85. The fourth-order valence-electron chi connectivity index (χ4n) is 3.68. The molecule has 2 atom stereocenters. The van der Waals surface area contributed by atoms with Crippen LogP contribution in [0.25, 0.3) is 0 Å². The Morgan fingerprint density at radius 2 is 1.75 bits per heavy atom. The van der Waals surface area contributed by atoms with Gasteiger partial charge in [0.25, 0.3) is 0 Å². The maximum absolute atomic E-state index is 13.9. The number of carbonyl (C=O) groups excluding carboxylic acids is 1. The first-order chi connectivity index (χ1) is 9.49. The highest BCUT2D eigenvalue weighted by molar-refractivity contribution is 5.98. The summed E-state index contributed by atoms with van der Waals surface area (Å²) in [6.07, 6.45) is 3.74. The van der Waals surface area contributed by atoms with E-state index in [1.807, 2.05) is 0 Å². The van der Waals surface area contributed by atoms with E-state index in [0.717, 1.165) is 25.7 Å². The highest BCUT2D eigenvalue weighted by atomic mass is 19.2. The topological polar surface area (TPSA) is 20.3 Å². The Labute approximate surface area is 117 Å². The first kappa shape index (κ1) is 13.7. The summed E-state index contributed by atoms with van der Waals surface area (Å²) in [5.74, 6) is -2.28. The fourth-order valence-corrected chi connectivity index (χ4v) is 3.68. The molecule has 0 aromatic heterocycles. The Kier molecular flexibility index (Phi) is 3.36. The van der Waals surface area contributed by atoms with Gasteiger partial charge >= 0.3 is 0 Å². The fraction of sp³-hybridized carbons (Fsp3) is 0.562. The van der Waals surface area contributed by atoms with Crippen LogP contribution in [-0.2, 0) is 0 Å². The minimum absolute atomic E-state index is 0.0814. The molecule has 0 radical (unpaired) electrons. The maximum Gasteiger partial charge on any atom is 0.169 e. The molecule has 2 unspecified atom stereocenters. The van der Waals surface area contributed by atoms with Crippen LogP contribution in [0.3, 0.4) is 0 Å². The molecule has 0 saturated carbocycles. The second kappa shape index (κ2) is 4.92. The van der Waals surface area contributed by atoms with E-state index in [1.54, 1.807) is 0 Å². The Hall–Kier alpha value is -1.29. The third-order valence-electron chi connectivity index (χ3n) is 5.01. The first-order valence-electron chi connectivity index (χ1n) is 7.19. The van der Waals surface area contributed by atoms with Crippen LogP contribution in [0.1, 0.15) is 41.6 Å². The maximum atomic E-state index is 13.9. The van der Waals surface area contributed by atoms with E-state index in [2.05, 4.69) is 11.9 Å². The summed E-state index contributed by atoms with van der Waals surface area (Å²) >= 11 is 0. The molecule has 2 fully saturated rings. The predicted molar refractivity (Wildman–Crippen MR) is 72.7 cm³/mol. The van der Waals surface area contributed by atoms with Crippen LogP contribution in [0.5, 0.6) is 0 Å². The molecule has 2 aliphatic heterocycles. The van der Waals surface area contributed by atoms with Gasteiger partial charge in [0.05, 0.1) is 5.56 Å². The van der Waals surface area contributed by atoms with E-state index in [1.165, 1.54) is 19.1 Å². The van der Waals surface area contributed by atoms with E-state index in [9.17, 15) is 13.6 Å². The molecule has 2 nitrogen and oxygen atoms in total. The molecule has 2 heterocycles. The van der Waals surface area contributed by atoms with Crippen LogP contribution in [-0.4, -0.2) is 29.8 Å². The predicted octanol–water partition coefficient (Wildman–Crippen LogP) is 3.33. The van der Waals surface area contributed by atoms with Crippen molar-refractivity contribution in [1.82, 2.24) is 4.90 Å². The summed E-state index contributed by atoms with van der Waals surface area (Å²) in [7, 11) is 2.09. The van der Waals surface area contributed by atoms with Gasteiger partial charge in [-0.1, -0.05) is 6.07 Å². The second-order valence-corrected chi connectivity index (χ2v) is 6.14. The number of hydrogen-bond acceptors (Lipinski definition) is 2. The molecule has 2 bridgehead atoms. The summed E-state index contributed by atoms with van der Waals surface area (Å²) < 4.78 is 27.6. The monoisotopic (exact) mass is 279 g/mol. The number of hydrogen-bond donors (Lipinski definition) is 0. The highest BCUT2D eigenvalue weighted by Crippen LogP contribution is 2.39. The van der Waals surface area contributed by atoms with Crippen LogP contribution in [0.15, 0.2) is 12.1 Å². The lowest BCUT2D eigenvalue weighted by Crippen LogP contribution is -2.42. The van der Waals surface area contributed by atoms with Crippen molar-refractivity contribution in [2.24, 2.45) is 5.92 Å². The zero-order chi connectivity index (χ0) is 14.4. The Bertz CT molecular complexity index is 544. The number of nitrogens with zero attached hydrogens (tertiary/aromatic N) is 1. The van der Waals surface area contributed by atoms with Crippen LogP contribution in [0.4, 0.5) is 8.78 Å². The van der Waals surface area contributed by atoms with E-state index < -0.39 is 11.6 Å². The van der Waals surface area contributed by atoms with Gasteiger partial charge in [0.15, 0.2) is 17.4 Å². The van der Waals surface area contributed by atoms with Crippen LogP contribution in [0.2, 0.25) is 0 Å². The SMILES string of the molecule is Cc1ccc(C(=O)C2CC3CCC(C2)N3C)c(F)c1F. The minimum atomic E-state index is -0.985. The lowest BCUT2D eigenvalue weighted by Gasteiger charge is -2.35. The van der Waals surface area contributed by atoms with E-state index in [4.69, 9.17) is 0 Å². The average molecular weight is 279 g/mol. The van der Waals surface area contributed by atoms with Crippen LogP contribution in [0, 0.1) is 24.5 Å². The van der Waals surface area contributed by atoms with E-state index in [-0.39, 0.29) is 22.8 Å². The van der Waals surface area contributed by atoms with Crippen molar-refractivity contribution in [2.45, 2.75) is 44.7 Å². The van der Waals surface area contributed by atoms with Gasteiger partial charge in [-0.25, -0.2) is 8.78 Å². The van der Waals surface area contributed by atoms with Crippen molar-refractivity contribution in [3.05, 3.63) is 34.9 Å². The van der Waals surface area contributed by atoms with Gasteiger partial charge in [-0.2, -0.15) is 0 Å². The minimum Gasteiger partial charge on any atom is -0.300 e. The lowest BCUT2D eigenvalue weighted by atomic mass is 9.84. The highest BCUT2D eigenvalue weighted by Gasteiger charge is 2.41. The quantitative estimate of drug-likeness (QED) is 0.774. The Morgan fingerprint density at radius 1 is 1.15 bits per heavy atom. The summed E-state index contributed by atoms with van der Waals surface area (Å²) in [5, 5.41) is 0. The molecule has 0 amide bonds. The van der Waals surface area contributed by atoms with Crippen molar-refractivity contribution in [3.8, 4) is 0 Å². The van der Waals surface area contributed by atoms with Gasteiger partial charge < -0.3 is 4.90 Å². The third-order valence-corrected chi connectivity index (χ3v) is 5.01. The van der Waals surface area contributed by atoms with Gasteiger partial charge in [-0.05, 0) is 51.3 Å². The van der Waals surface area contributed by atoms with Crippen LogP contribution < -0.4 is 0 Å². The summed E-state index contributed by atoms with van der Waals surface area (Å²) in [5.41, 5.74) is 0.157. The molecule has 108 valence electrons. The molecular formula is C16H19F2NO. The van der Waals surface area contributed by atoms with Crippen molar-refractivity contribution >= 4 is 5.78 Å².